The predicted octanol–water partition coefficient (Wildman–Crippen LogP) is 1.17. The molecule has 7 heteroatoms. The summed E-state index contributed by atoms with van der Waals surface area (Å²) in [6.45, 7) is 2.05. The third-order valence-electron chi connectivity index (χ3n) is 3.98. The van der Waals surface area contributed by atoms with Crippen molar-refractivity contribution >= 4 is 11.5 Å². The molecule has 0 radical (unpaired) electrons. The number of aromatic amines is 1. The summed E-state index contributed by atoms with van der Waals surface area (Å²) in [7, 11) is 0. The summed E-state index contributed by atoms with van der Waals surface area (Å²) in [4.78, 5) is 4.74. The molecule has 1 atom stereocenters. The van der Waals surface area contributed by atoms with Crippen LogP contribution >= 0.6 is 0 Å². The number of hydrogen-bond acceptors (Lipinski definition) is 5. The van der Waals surface area contributed by atoms with E-state index in [1.807, 2.05) is 18.3 Å². The molecular weight excluding hydrogens is 266 g/mol. The molecule has 0 aliphatic carbocycles. The number of nitrogen functional groups attached to an aromatic ring is 1. The number of fused-ring (bicyclic) bond motifs is 1. The highest BCUT2D eigenvalue weighted by Crippen LogP contribution is 2.25. The number of H-pyrrole nitrogens is 1. The predicted molar refractivity (Wildman–Crippen MR) is 79.8 cm³/mol. The van der Waals surface area contributed by atoms with Crippen LogP contribution in [0.5, 0.6) is 0 Å². The van der Waals surface area contributed by atoms with Crippen molar-refractivity contribution in [1.29, 1.82) is 0 Å². The smallest absolute Gasteiger partial charge is 0.158 e. The van der Waals surface area contributed by atoms with Crippen molar-refractivity contribution in [3.63, 3.8) is 0 Å². The van der Waals surface area contributed by atoms with Crippen LogP contribution in [-0.4, -0.2) is 37.9 Å². The van der Waals surface area contributed by atoms with Crippen LogP contribution in [0.2, 0.25) is 0 Å². The molecule has 0 bridgehead atoms. The number of piperidine rings is 1. The standard InChI is InChI=1S/C14H17N7/c15-13-4-11(9-2-1-3-16-6-9)19-14-5-12(20-21(13)14)10-7-17-18-8-10/h4-5,7-9,16H,1-3,6,15H2,(H,17,18)/t9-/m1/s1. The first-order valence-electron chi connectivity index (χ1n) is 7.17. The van der Waals surface area contributed by atoms with E-state index in [-0.39, 0.29) is 0 Å². The third-order valence-corrected chi connectivity index (χ3v) is 3.98. The molecule has 0 saturated carbocycles. The summed E-state index contributed by atoms with van der Waals surface area (Å²) >= 11 is 0. The average molecular weight is 283 g/mol. The van der Waals surface area contributed by atoms with Crippen LogP contribution in [0.25, 0.3) is 16.9 Å². The van der Waals surface area contributed by atoms with E-state index in [9.17, 15) is 0 Å². The van der Waals surface area contributed by atoms with Gasteiger partial charge in [-0.15, -0.1) is 0 Å². The van der Waals surface area contributed by atoms with E-state index in [1.165, 1.54) is 6.42 Å². The Balaban J connectivity index is 1.78. The summed E-state index contributed by atoms with van der Waals surface area (Å²) in [6.07, 6.45) is 5.88. The van der Waals surface area contributed by atoms with Gasteiger partial charge in [0, 0.05) is 36.4 Å². The quantitative estimate of drug-likeness (QED) is 0.656. The largest absolute Gasteiger partial charge is 0.384 e. The van der Waals surface area contributed by atoms with E-state index >= 15 is 0 Å². The van der Waals surface area contributed by atoms with Crippen molar-refractivity contribution in [3.8, 4) is 11.3 Å². The summed E-state index contributed by atoms with van der Waals surface area (Å²) in [5.41, 5.74) is 9.73. The van der Waals surface area contributed by atoms with Crippen molar-refractivity contribution in [2.24, 2.45) is 0 Å². The van der Waals surface area contributed by atoms with Crippen LogP contribution in [0.1, 0.15) is 24.5 Å². The van der Waals surface area contributed by atoms with Gasteiger partial charge in [-0.25, -0.2) is 4.98 Å². The van der Waals surface area contributed by atoms with Gasteiger partial charge < -0.3 is 11.1 Å². The van der Waals surface area contributed by atoms with E-state index in [0.717, 1.165) is 42.1 Å². The monoisotopic (exact) mass is 283 g/mol. The fraction of sp³-hybridized carbons (Fsp3) is 0.357. The number of nitrogens with two attached hydrogens (primary N) is 1. The Kier molecular flexibility index (Phi) is 2.85. The Morgan fingerprint density at radius 2 is 2.29 bits per heavy atom. The van der Waals surface area contributed by atoms with Crippen LogP contribution in [0.4, 0.5) is 5.82 Å². The van der Waals surface area contributed by atoms with E-state index < -0.39 is 0 Å². The Morgan fingerprint density at radius 1 is 1.33 bits per heavy atom. The molecule has 4 N–H and O–H groups in total. The molecular formula is C14H17N7. The van der Waals surface area contributed by atoms with Crippen molar-refractivity contribution in [2.75, 3.05) is 18.8 Å². The molecule has 1 fully saturated rings. The zero-order chi connectivity index (χ0) is 14.2. The maximum atomic E-state index is 6.15. The normalized spacial score (nSPS) is 19.1. The van der Waals surface area contributed by atoms with Crippen molar-refractivity contribution in [2.45, 2.75) is 18.8 Å². The number of hydrogen-bond donors (Lipinski definition) is 3. The minimum Gasteiger partial charge on any atom is -0.384 e. The van der Waals surface area contributed by atoms with Gasteiger partial charge in [0.25, 0.3) is 0 Å². The zero-order valence-corrected chi connectivity index (χ0v) is 11.6. The van der Waals surface area contributed by atoms with Crippen LogP contribution in [0, 0.1) is 0 Å². The molecule has 1 aliphatic rings. The van der Waals surface area contributed by atoms with Gasteiger partial charge in [0.2, 0.25) is 0 Å². The molecule has 1 saturated heterocycles. The molecule has 0 unspecified atom stereocenters. The molecule has 108 valence electrons. The van der Waals surface area contributed by atoms with E-state index in [4.69, 9.17) is 10.7 Å². The lowest BCUT2D eigenvalue weighted by Gasteiger charge is -2.22. The molecule has 0 amide bonds. The zero-order valence-electron chi connectivity index (χ0n) is 11.6. The first-order chi connectivity index (χ1) is 10.3. The van der Waals surface area contributed by atoms with Gasteiger partial charge in [-0.3, -0.25) is 5.10 Å². The highest BCUT2D eigenvalue weighted by molar-refractivity contribution is 5.64. The minimum atomic E-state index is 0.429. The van der Waals surface area contributed by atoms with Crippen LogP contribution in [-0.2, 0) is 0 Å². The van der Waals surface area contributed by atoms with Gasteiger partial charge in [-0.1, -0.05) is 0 Å². The number of aromatic nitrogens is 5. The summed E-state index contributed by atoms with van der Waals surface area (Å²) in [5, 5.41) is 14.6. The first kappa shape index (κ1) is 12.3. The fourth-order valence-electron chi connectivity index (χ4n) is 2.86. The van der Waals surface area contributed by atoms with Crippen molar-refractivity contribution in [3.05, 3.63) is 30.2 Å². The summed E-state index contributed by atoms with van der Waals surface area (Å²) < 4.78 is 1.68. The Hall–Kier alpha value is -2.41. The molecule has 4 rings (SSSR count). The molecule has 0 aromatic carbocycles. The average Bonchev–Trinajstić information content (AvgIpc) is 3.17. The second-order valence-electron chi connectivity index (χ2n) is 5.44. The second kappa shape index (κ2) is 4.85. The minimum absolute atomic E-state index is 0.429. The molecule has 21 heavy (non-hydrogen) atoms. The van der Waals surface area contributed by atoms with Crippen LogP contribution in [0.3, 0.4) is 0 Å². The molecule has 3 aromatic rings. The summed E-state index contributed by atoms with van der Waals surface area (Å²) in [6, 6.07) is 3.89. The van der Waals surface area contributed by atoms with Gasteiger partial charge in [0.05, 0.1) is 17.6 Å². The Labute approximate surface area is 121 Å². The van der Waals surface area contributed by atoms with Gasteiger partial charge in [-0.2, -0.15) is 14.7 Å². The number of rotatable bonds is 2. The molecule has 4 heterocycles. The molecule has 7 nitrogen and oxygen atoms in total. The van der Waals surface area contributed by atoms with Gasteiger partial charge in [0.1, 0.15) is 5.82 Å². The maximum absolute atomic E-state index is 6.15. The van der Waals surface area contributed by atoms with Crippen molar-refractivity contribution in [1.82, 2.24) is 30.1 Å². The van der Waals surface area contributed by atoms with Gasteiger partial charge in [0.15, 0.2) is 5.65 Å². The molecule has 1 aliphatic heterocycles. The fourth-order valence-corrected chi connectivity index (χ4v) is 2.86. The van der Waals surface area contributed by atoms with Crippen LogP contribution in [0.15, 0.2) is 24.5 Å². The maximum Gasteiger partial charge on any atom is 0.158 e. The van der Waals surface area contributed by atoms with E-state index in [0.29, 0.717) is 11.7 Å². The lowest BCUT2D eigenvalue weighted by molar-refractivity contribution is 0.455. The lowest BCUT2D eigenvalue weighted by atomic mass is 9.96. The third kappa shape index (κ3) is 2.15. The Morgan fingerprint density at radius 3 is 3.05 bits per heavy atom. The highest BCUT2D eigenvalue weighted by atomic mass is 15.3. The van der Waals surface area contributed by atoms with Crippen molar-refractivity contribution < 1.29 is 0 Å². The molecule has 3 aromatic heterocycles. The van der Waals surface area contributed by atoms with E-state index in [2.05, 4.69) is 20.6 Å². The van der Waals surface area contributed by atoms with Crippen LogP contribution < -0.4 is 11.1 Å². The number of nitrogens with one attached hydrogen (secondary N) is 2. The lowest BCUT2D eigenvalue weighted by Crippen LogP contribution is -2.29. The highest BCUT2D eigenvalue weighted by Gasteiger charge is 2.19. The summed E-state index contributed by atoms with van der Waals surface area (Å²) in [5.74, 6) is 1.05. The SMILES string of the molecule is Nc1cc([C@@H]2CCCNC2)nc2cc(-c3cn[nH]c3)nn12. The van der Waals surface area contributed by atoms with Gasteiger partial charge in [-0.05, 0) is 19.4 Å². The first-order valence-corrected chi connectivity index (χ1v) is 7.17. The number of anilines is 1. The van der Waals surface area contributed by atoms with Gasteiger partial charge >= 0.3 is 0 Å². The number of nitrogens with zero attached hydrogens (tertiary/aromatic N) is 4. The Bertz CT molecular complexity index is 753. The molecule has 0 spiro atoms. The van der Waals surface area contributed by atoms with E-state index in [1.54, 1.807) is 10.7 Å². The second-order valence-corrected chi connectivity index (χ2v) is 5.44. The topological polar surface area (TPSA) is 96.9 Å².